The first-order valence-corrected chi connectivity index (χ1v) is 6.05. The third-order valence-electron chi connectivity index (χ3n) is 2.80. The predicted octanol–water partition coefficient (Wildman–Crippen LogP) is 2.88. The van der Waals surface area contributed by atoms with Gasteiger partial charge >= 0.3 is 0 Å². The minimum absolute atomic E-state index is 0.169. The number of rotatable bonds is 4. The topological polar surface area (TPSA) is 38.0 Å². The van der Waals surface area contributed by atoms with Gasteiger partial charge in [-0.05, 0) is 30.5 Å². The minimum atomic E-state index is -0.904. The second-order valence-electron chi connectivity index (χ2n) is 4.21. The van der Waals surface area contributed by atoms with Crippen LogP contribution in [0.15, 0.2) is 30.6 Å². The fourth-order valence-electron chi connectivity index (χ4n) is 1.88. The quantitative estimate of drug-likeness (QED) is 0.926. The van der Waals surface area contributed by atoms with E-state index in [0.29, 0.717) is 12.8 Å². The molecule has 1 aromatic carbocycles. The van der Waals surface area contributed by atoms with Gasteiger partial charge in [0.15, 0.2) is 0 Å². The molecule has 0 bridgehead atoms. The Morgan fingerprint density at radius 3 is 2.89 bits per heavy atom. The molecule has 1 N–H and O–H groups in total. The van der Waals surface area contributed by atoms with Gasteiger partial charge in [-0.15, -0.1) is 0 Å². The number of nitrogens with zero attached hydrogens (tertiary/aromatic N) is 2. The standard InChI is InChI=1S/C13H14ClFN2O/c1-17-8-9(7-16-17)5-6-12(18)13-10(14)3-2-4-11(13)15/h2-4,7-8,12,18H,5-6H2,1H3. The molecule has 0 amide bonds. The highest BCUT2D eigenvalue weighted by Crippen LogP contribution is 2.28. The molecular weight excluding hydrogens is 255 g/mol. The van der Waals surface area contributed by atoms with Crippen molar-refractivity contribution in [2.75, 3.05) is 0 Å². The van der Waals surface area contributed by atoms with Crippen LogP contribution >= 0.6 is 11.6 Å². The van der Waals surface area contributed by atoms with Gasteiger partial charge in [-0.3, -0.25) is 4.68 Å². The van der Waals surface area contributed by atoms with Gasteiger partial charge in [0.25, 0.3) is 0 Å². The van der Waals surface area contributed by atoms with E-state index in [1.165, 1.54) is 12.1 Å². The summed E-state index contributed by atoms with van der Waals surface area (Å²) in [5.74, 6) is -0.471. The lowest BCUT2D eigenvalue weighted by molar-refractivity contribution is 0.163. The second kappa shape index (κ2) is 5.50. The van der Waals surface area contributed by atoms with Crippen molar-refractivity contribution in [3.05, 3.63) is 52.6 Å². The Hall–Kier alpha value is -1.39. The molecule has 1 unspecified atom stereocenters. The van der Waals surface area contributed by atoms with E-state index in [4.69, 9.17) is 11.6 Å². The van der Waals surface area contributed by atoms with Crippen LogP contribution in [0.4, 0.5) is 4.39 Å². The van der Waals surface area contributed by atoms with Gasteiger partial charge in [0, 0.05) is 23.8 Å². The average molecular weight is 269 g/mol. The summed E-state index contributed by atoms with van der Waals surface area (Å²) in [5.41, 5.74) is 1.17. The molecule has 5 heteroatoms. The molecule has 3 nitrogen and oxygen atoms in total. The molecule has 2 rings (SSSR count). The molecule has 96 valence electrons. The van der Waals surface area contributed by atoms with Crippen molar-refractivity contribution in [1.29, 1.82) is 0 Å². The number of aliphatic hydroxyl groups excluding tert-OH is 1. The predicted molar refractivity (Wildman–Crippen MR) is 67.9 cm³/mol. The number of hydrogen-bond donors (Lipinski definition) is 1. The lowest BCUT2D eigenvalue weighted by Crippen LogP contribution is -2.03. The van der Waals surface area contributed by atoms with Gasteiger partial charge in [-0.1, -0.05) is 17.7 Å². The second-order valence-corrected chi connectivity index (χ2v) is 4.62. The van der Waals surface area contributed by atoms with Crippen molar-refractivity contribution >= 4 is 11.6 Å². The monoisotopic (exact) mass is 268 g/mol. The van der Waals surface area contributed by atoms with Gasteiger partial charge in [0.1, 0.15) is 5.82 Å². The van der Waals surface area contributed by atoms with E-state index in [1.54, 1.807) is 16.9 Å². The Morgan fingerprint density at radius 2 is 2.28 bits per heavy atom. The van der Waals surface area contributed by atoms with E-state index in [-0.39, 0.29) is 10.6 Å². The molecule has 0 aliphatic carbocycles. The molecule has 18 heavy (non-hydrogen) atoms. The first-order chi connectivity index (χ1) is 8.58. The number of benzene rings is 1. The highest BCUT2D eigenvalue weighted by atomic mass is 35.5. The zero-order valence-corrected chi connectivity index (χ0v) is 10.7. The van der Waals surface area contributed by atoms with E-state index >= 15 is 0 Å². The fraction of sp³-hybridized carbons (Fsp3) is 0.308. The molecule has 0 aliphatic rings. The average Bonchev–Trinajstić information content (AvgIpc) is 2.72. The third kappa shape index (κ3) is 2.89. The SMILES string of the molecule is Cn1cc(CCC(O)c2c(F)cccc2Cl)cn1. The summed E-state index contributed by atoms with van der Waals surface area (Å²) in [5, 5.41) is 14.3. The smallest absolute Gasteiger partial charge is 0.130 e. The Bertz CT molecular complexity index is 521. The van der Waals surface area contributed by atoms with Crippen molar-refractivity contribution in [2.24, 2.45) is 7.05 Å². The van der Waals surface area contributed by atoms with E-state index in [0.717, 1.165) is 5.56 Å². The first kappa shape index (κ1) is 13.1. The maximum atomic E-state index is 13.6. The van der Waals surface area contributed by atoms with E-state index < -0.39 is 11.9 Å². The Labute approximate surface area is 110 Å². The summed E-state index contributed by atoms with van der Waals surface area (Å²) in [6, 6.07) is 4.40. The molecule has 0 spiro atoms. The Balaban J connectivity index is 2.06. The van der Waals surface area contributed by atoms with Crippen LogP contribution in [0.25, 0.3) is 0 Å². The van der Waals surface area contributed by atoms with Crippen LogP contribution in [0.5, 0.6) is 0 Å². The van der Waals surface area contributed by atoms with Crippen LogP contribution in [0.3, 0.4) is 0 Å². The van der Waals surface area contributed by atoms with E-state index in [1.807, 2.05) is 13.2 Å². The maximum absolute atomic E-state index is 13.6. The summed E-state index contributed by atoms with van der Waals surface area (Å²) >= 11 is 5.89. The lowest BCUT2D eigenvalue weighted by Gasteiger charge is -2.12. The van der Waals surface area contributed by atoms with Crippen LogP contribution in [0.2, 0.25) is 5.02 Å². The van der Waals surface area contributed by atoms with Gasteiger partial charge in [-0.2, -0.15) is 5.10 Å². The summed E-state index contributed by atoms with van der Waals surface area (Å²) in [6.07, 6.45) is 3.73. The molecule has 1 heterocycles. The van der Waals surface area contributed by atoms with Gasteiger partial charge in [0.05, 0.1) is 12.3 Å². The van der Waals surface area contributed by atoms with Crippen LogP contribution < -0.4 is 0 Å². The number of aryl methyl sites for hydroxylation is 2. The molecular formula is C13H14ClFN2O. The molecule has 0 aliphatic heterocycles. The highest BCUT2D eigenvalue weighted by Gasteiger charge is 2.16. The van der Waals surface area contributed by atoms with Crippen LogP contribution in [0, 0.1) is 5.82 Å². The molecule has 0 radical (unpaired) electrons. The highest BCUT2D eigenvalue weighted by molar-refractivity contribution is 6.31. The molecule has 2 aromatic rings. The van der Waals surface area contributed by atoms with Crippen molar-refractivity contribution < 1.29 is 9.50 Å². The van der Waals surface area contributed by atoms with Crippen molar-refractivity contribution in [3.8, 4) is 0 Å². The number of halogens is 2. The van der Waals surface area contributed by atoms with E-state index in [9.17, 15) is 9.50 Å². The zero-order valence-electron chi connectivity index (χ0n) is 9.98. The third-order valence-corrected chi connectivity index (χ3v) is 3.13. The molecule has 0 fully saturated rings. The summed E-state index contributed by atoms with van der Waals surface area (Å²) < 4.78 is 15.3. The number of aromatic nitrogens is 2. The van der Waals surface area contributed by atoms with Crippen molar-refractivity contribution in [1.82, 2.24) is 9.78 Å². The minimum Gasteiger partial charge on any atom is -0.388 e. The van der Waals surface area contributed by atoms with E-state index in [2.05, 4.69) is 5.10 Å². The molecule has 1 aromatic heterocycles. The largest absolute Gasteiger partial charge is 0.388 e. The Morgan fingerprint density at radius 1 is 1.50 bits per heavy atom. The Kier molecular flexibility index (Phi) is 3.99. The zero-order chi connectivity index (χ0) is 13.1. The molecule has 1 atom stereocenters. The van der Waals surface area contributed by atoms with Gasteiger partial charge in [0.2, 0.25) is 0 Å². The van der Waals surface area contributed by atoms with Crippen molar-refractivity contribution in [2.45, 2.75) is 18.9 Å². The summed E-state index contributed by atoms with van der Waals surface area (Å²) in [7, 11) is 1.83. The molecule has 0 saturated heterocycles. The van der Waals surface area contributed by atoms with Crippen LogP contribution in [0.1, 0.15) is 23.7 Å². The van der Waals surface area contributed by atoms with Crippen LogP contribution in [-0.2, 0) is 13.5 Å². The number of hydrogen-bond acceptors (Lipinski definition) is 2. The van der Waals surface area contributed by atoms with Gasteiger partial charge in [-0.25, -0.2) is 4.39 Å². The molecule has 0 saturated carbocycles. The number of aliphatic hydroxyl groups is 1. The van der Waals surface area contributed by atoms with Crippen LogP contribution in [-0.4, -0.2) is 14.9 Å². The maximum Gasteiger partial charge on any atom is 0.130 e. The van der Waals surface area contributed by atoms with Gasteiger partial charge < -0.3 is 5.11 Å². The van der Waals surface area contributed by atoms with Crippen molar-refractivity contribution in [3.63, 3.8) is 0 Å². The summed E-state index contributed by atoms with van der Waals surface area (Å²) in [6.45, 7) is 0. The normalized spacial score (nSPS) is 12.7. The lowest BCUT2D eigenvalue weighted by atomic mass is 10.0. The first-order valence-electron chi connectivity index (χ1n) is 5.67. The summed E-state index contributed by atoms with van der Waals surface area (Å²) in [4.78, 5) is 0. The fourth-order valence-corrected chi connectivity index (χ4v) is 2.17.